The fraction of sp³-hybridized carbons (Fsp3) is 0.700. The highest BCUT2D eigenvalue weighted by molar-refractivity contribution is 7.99. The Morgan fingerprint density at radius 1 is 1.43 bits per heavy atom. The Bertz CT molecular complexity index is 243. The smallest absolute Gasteiger partial charge is 0.0937 e. The predicted octanol–water partition coefficient (Wildman–Crippen LogP) is 2.17. The van der Waals surface area contributed by atoms with Gasteiger partial charge in [0.1, 0.15) is 0 Å². The maximum absolute atomic E-state index is 4.27. The van der Waals surface area contributed by atoms with Gasteiger partial charge in [-0.2, -0.15) is 11.8 Å². The molecule has 0 spiro atoms. The molecule has 78 valence electrons. The van der Waals surface area contributed by atoms with Crippen LogP contribution in [-0.4, -0.2) is 29.1 Å². The van der Waals surface area contributed by atoms with Crippen LogP contribution in [0.4, 0.5) is 0 Å². The zero-order valence-electron chi connectivity index (χ0n) is 8.24. The number of thioether (sulfide) groups is 1. The zero-order valence-corrected chi connectivity index (χ0v) is 9.87. The molecule has 0 aliphatic carbocycles. The summed E-state index contributed by atoms with van der Waals surface area (Å²) in [5.41, 5.74) is 0. The van der Waals surface area contributed by atoms with Crippen molar-refractivity contribution in [2.45, 2.75) is 25.3 Å². The predicted molar refractivity (Wildman–Crippen MR) is 64.2 cm³/mol. The third kappa shape index (κ3) is 3.26. The summed E-state index contributed by atoms with van der Waals surface area (Å²) in [5.74, 6) is 2.66. The minimum Gasteiger partial charge on any atom is -0.314 e. The van der Waals surface area contributed by atoms with Gasteiger partial charge in [-0.1, -0.05) is 0 Å². The quantitative estimate of drug-likeness (QED) is 0.855. The van der Waals surface area contributed by atoms with Gasteiger partial charge in [-0.25, -0.2) is 4.98 Å². The summed E-state index contributed by atoms with van der Waals surface area (Å²) in [4.78, 5) is 4.27. The third-order valence-corrected chi connectivity index (χ3v) is 4.36. The van der Waals surface area contributed by atoms with Crippen molar-refractivity contribution >= 4 is 23.1 Å². The number of hydrogen-bond acceptors (Lipinski definition) is 4. The lowest BCUT2D eigenvalue weighted by atomic mass is 10.1. The minimum atomic E-state index is 0.760. The first-order valence-electron chi connectivity index (χ1n) is 5.14. The van der Waals surface area contributed by atoms with Crippen LogP contribution in [0.2, 0.25) is 0 Å². The van der Waals surface area contributed by atoms with Crippen LogP contribution >= 0.6 is 23.1 Å². The highest BCUT2D eigenvalue weighted by Crippen LogP contribution is 2.16. The summed E-state index contributed by atoms with van der Waals surface area (Å²) >= 11 is 3.83. The van der Waals surface area contributed by atoms with E-state index in [4.69, 9.17) is 0 Å². The summed E-state index contributed by atoms with van der Waals surface area (Å²) in [7, 11) is 0. The largest absolute Gasteiger partial charge is 0.314 e. The average molecular weight is 228 g/mol. The maximum Gasteiger partial charge on any atom is 0.0937 e. The van der Waals surface area contributed by atoms with Crippen LogP contribution in [0.3, 0.4) is 0 Å². The molecule has 1 saturated heterocycles. The van der Waals surface area contributed by atoms with Gasteiger partial charge in [0.2, 0.25) is 0 Å². The van der Waals surface area contributed by atoms with Crippen LogP contribution in [-0.2, 0) is 6.42 Å². The van der Waals surface area contributed by atoms with E-state index in [9.17, 15) is 0 Å². The summed E-state index contributed by atoms with van der Waals surface area (Å²) in [6, 6.07) is 0.760. The number of aromatic nitrogens is 1. The van der Waals surface area contributed by atoms with Gasteiger partial charge in [0, 0.05) is 30.6 Å². The van der Waals surface area contributed by atoms with Crippen LogP contribution in [0, 0.1) is 0 Å². The Morgan fingerprint density at radius 3 is 3.00 bits per heavy atom. The number of nitrogens with zero attached hydrogens (tertiary/aromatic N) is 1. The first kappa shape index (κ1) is 10.5. The lowest BCUT2D eigenvalue weighted by molar-refractivity contribution is 0.486. The Labute approximate surface area is 93.5 Å². The molecule has 1 aliphatic rings. The van der Waals surface area contributed by atoms with Crippen LogP contribution in [0.15, 0.2) is 11.6 Å². The fourth-order valence-electron chi connectivity index (χ4n) is 1.66. The Hall–Kier alpha value is -0.0600. The fourth-order valence-corrected chi connectivity index (χ4v) is 3.39. The minimum absolute atomic E-state index is 0.760. The van der Waals surface area contributed by atoms with Gasteiger partial charge in [0.05, 0.1) is 5.01 Å². The molecular weight excluding hydrogens is 212 g/mol. The lowest BCUT2D eigenvalue weighted by Gasteiger charge is -2.22. The topological polar surface area (TPSA) is 24.9 Å². The summed E-state index contributed by atoms with van der Waals surface area (Å²) in [6.07, 6.45) is 5.64. The van der Waals surface area contributed by atoms with Gasteiger partial charge in [0.15, 0.2) is 0 Å². The van der Waals surface area contributed by atoms with Gasteiger partial charge in [-0.15, -0.1) is 11.3 Å². The molecule has 2 rings (SSSR count). The summed E-state index contributed by atoms with van der Waals surface area (Å²) in [5, 5.41) is 6.91. The van der Waals surface area contributed by atoms with Gasteiger partial charge in [-0.3, -0.25) is 0 Å². The highest BCUT2D eigenvalue weighted by atomic mass is 32.2. The van der Waals surface area contributed by atoms with Crippen molar-refractivity contribution in [3.8, 4) is 0 Å². The van der Waals surface area contributed by atoms with Crippen molar-refractivity contribution in [1.82, 2.24) is 10.3 Å². The molecule has 1 aromatic rings. The van der Waals surface area contributed by atoms with Crippen molar-refractivity contribution < 1.29 is 0 Å². The van der Waals surface area contributed by atoms with Gasteiger partial charge in [0.25, 0.3) is 0 Å². The van der Waals surface area contributed by atoms with E-state index in [-0.39, 0.29) is 0 Å². The molecule has 0 saturated carbocycles. The Balaban J connectivity index is 1.62. The second-order valence-electron chi connectivity index (χ2n) is 3.52. The van der Waals surface area contributed by atoms with E-state index in [0.717, 1.165) is 19.0 Å². The second kappa shape index (κ2) is 5.73. The van der Waals surface area contributed by atoms with Crippen LogP contribution in [0.25, 0.3) is 0 Å². The van der Waals surface area contributed by atoms with Crippen molar-refractivity contribution in [3.63, 3.8) is 0 Å². The van der Waals surface area contributed by atoms with E-state index in [1.807, 2.05) is 11.6 Å². The van der Waals surface area contributed by atoms with Crippen molar-refractivity contribution in [3.05, 3.63) is 16.6 Å². The molecule has 0 atom stereocenters. The van der Waals surface area contributed by atoms with Crippen molar-refractivity contribution in [1.29, 1.82) is 0 Å². The molecule has 0 aromatic carbocycles. The standard InChI is InChI=1S/C10H16N2S2/c1(10-12-5-8-14-10)4-11-9-2-6-13-7-3-9/h5,8-9,11H,1-4,6-7H2. The molecule has 2 heterocycles. The molecule has 2 nitrogen and oxygen atoms in total. The van der Waals surface area contributed by atoms with E-state index < -0.39 is 0 Å². The molecule has 0 unspecified atom stereocenters. The monoisotopic (exact) mass is 228 g/mol. The van der Waals surface area contributed by atoms with Crippen LogP contribution < -0.4 is 5.32 Å². The van der Waals surface area contributed by atoms with E-state index in [2.05, 4.69) is 22.1 Å². The number of hydrogen-bond donors (Lipinski definition) is 1. The molecule has 14 heavy (non-hydrogen) atoms. The molecule has 1 N–H and O–H groups in total. The maximum atomic E-state index is 4.27. The third-order valence-electron chi connectivity index (χ3n) is 2.48. The lowest BCUT2D eigenvalue weighted by Crippen LogP contribution is -2.33. The molecule has 4 heteroatoms. The van der Waals surface area contributed by atoms with Crippen LogP contribution in [0.1, 0.15) is 17.8 Å². The number of nitrogens with one attached hydrogen (secondary N) is 1. The summed E-state index contributed by atoms with van der Waals surface area (Å²) < 4.78 is 0. The Kier molecular flexibility index (Phi) is 4.28. The second-order valence-corrected chi connectivity index (χ2v) is 5.72. The van der Waals surface area contributed by atoms with Crippen LogP contribution in [0.5, 0.6) is 0 Å². The molecule has 1 aliphatic heterocycles. The van der Waals surface area contributed by atoms with Gasteiger partial charge < -0.3 is 5.32 Å². The van der Waals surface area contributed by atoms with Crippen molar-refractivity contribution in [2.24, 2.45) is 0 Å². The van der Waals surface area contributed by atoms with Crippen molar-refractivity contribution in [2.75, 3.05) is 18.1 Å². The molecule has 1 fully saturated rings. The van der Waals surface area contributed by atoms with E-state index in [0.29, 0.717) is 0 Å². The van der Waals surface area contributed by atoms with E-state index >= 15 is 0 Å². The van der Waals surface area contributed by atoms with E-state index in [1.54, 1.807) is 11.3 Å². The van der Waals surface area contributed by atoms with Gasteiger partial charge in [-0.05, 0) is 24.3 Å². The first-order valence-corrected chi connectivity index (χ1v) is 7.18. The molecule has 1 aromatic heterocycles. The highest BCUT2D eigenvalue weighted by Gasteiger charge is 2.12. The molecule has 0 amide bonds. The first-order chi connectivity index (χ1) is 6.95. The zero-order chi connectivity index (χ0) is 9.64. The SMILES string of the molecule is c1csc(CCNC2CCSCC2)n1. The van der Waals surface area contributed by atoms with E-state index in [1.165, 1.54) is 29.4 Å². The molecular formula is C10H16N2S2. The normalized spacial score (nSPS) is 18.6. The average Bonchev–Trinajstić information content (AvgIpc) is 2.72. The molecule has 0 bridgehead atoms. The van der Waals surface area contributed by atoms with Gasteiger partial charge >= 0.3 is 0 Å². The summed E-state index contributed by atoms with van der Waals surface area (Å²) in [6.45, 7) is 1.09. The number of rotatable bonds is 4. The number of thiazole rings is 1. The Morgan fingerprint density at radius 2 is 2.29 bits per heavy atom. The molecule has 0 radical (unpaired) electrons.